The second-order valence-corrected chi connectivity index (χ2v) is 7.20. The Labute approximate surface area is 185 Å². The summed E-state index contributed by atoms with van der Waals surface area (Å²) in [4.78, 5) is 23.6. The van der Waals surface area contributed by atoms with Crippen LogP contribution in [0.5, 0.6) is 5.75 Å². The van der Waals surface area contributed by atoms with Gasteiger partial charge in [-0.15, -0.1) is 0 Å². The van der Waals surface area contributed by atoms with Crippen LogP contribution in [-0.2, 0) is 9.47 Å². The van der Waals surface area contributed by atoms with Gasteiger partial charge in [0.05, 0.1) is 24.8 Å². The van der Waals surface area contributed by atoms with Crippen molar-refractivity contribution in [2.24, 2.45) is 0 Å². The minimum absolute atomic E-state index is 0.00972. The second kappa shape index (κ2) is 9.27. The summed E-state index contributed by atoms with van der Waals surface area (Å²) >= 11 is 0. The molecule has 0 heterocycles. The highest BCUT2D eigenvalue weighted by molar-refractivity contribution is 5.90. The Bertz CT molecular complexity index is 1190. The molecule has 0 spiro atoms. The third-order valence-electron chi connectivity index (χ3n) is 5.31. The molecule has 1 amide bonds. The van der Waals surface area contributed by atoms with Crippen molar-refractivity contribution in [2.75, 3.05) is 20.3 Å². The molecule has 0 saturated carbocycles. The van der Waals surface area contributed by atoms with E-state index in [0.29, 0.717) is 5.56 Å². The summed E-state index contributed by atoms with van der Waals surface area (Å²) in [5.41, 5.74) is 5.20. The molecule has 0 bridgehead atoms. The molecule has 1 aliphatic rings. The van der Waals surface area contributed by atoms with Gasteiger partial charge in [0.1, 0.15) is 12.4 Å². The number of ether oxygens (including phenoxy) is 2. The van der Waals surface area contributed by atoms with Crippen LogP contribution >= 0.6 is 0 Å². The molecule has 2 N–H and O–H groups in total. The van der Waals surface area contributed by atoms with Crippen LogP contribution in [0.4, 0.5) is 4.79 Å². The quantitative estimate of drug-likeness (QED) is 0.484. The lowest BCUT2D eigenvalue weighted by molar-refractivity contribution is 0.0600. The maximum absolute atomic E-state index is 12.2. The number of esters is 1. The standard InChI is InChI=1S/C26H21NO5/c1-31-25(29)18-13-12-17(24(28)15-18)7-6-14-27-26(30)32-16-23-21-10-4-2-8-19(21)20-9-3-5-11-22(20)23/h2-5,8-13,15,23,28H,14,16H2,1H3,(H,27,30). The SMILES string of the molecule is COC(=O)c1ccc(C#CCNC(=O)OCC2c3ccccc3-c3ccccc32)c(O)c1. The highest BCUT2D eigenvalue weighted by atomic mass is 16.5. The van der Waals surface area contributed by atoms with Crippen molar-refractivity contribution in [1.29, 1.82) is 0 Å². The van der Waals surface area contributed by atoms with Crippen molar-refractivity contribution in [1.82, 2.24) is 5.32 Å². The Morgan fingerprint density at radius 1 is 1.00 bits per heavy atom. The Balaban J connectivity index is 1.33. The fourth-order valence-electron chi connectivity index (χ4n) is 3.79. The maximum atomic E-state index is 12.2. The van der Waals surface area contributed by atoms with Gasteiger partial charge in [0, 0.05) is 5.92 Å². The number of carbonyl (C=O) groups is 2. The molecule has 6 heteroatoms. The predicted molar refractivity (Wildman–Crippen MR) is 119 cm³/mol. The molecule has 160 valence electrons. The second-order valence-electron chi connectivity index (χ2n) is 7.20. The van der Waals surface area contributed by atoms with Gasteiger partial charge in [0.15, 0.2) is 0 Å². The molecule has 3 aromatic carbocycles. The largest absolute Gasteiger partial charge is 0.507 e. The minimum Gasteiger partial charge on any atom is -0.507 e. The molecule has 0 fully saturated rings. The fourth-order valence-corrected chi connectivity index (χ4v) is 3.79. The number of alkyl carbamates (subject to hydrolysis) is 1. The molecule has 3 aromatic rings. The van der Waals surface area contributed by atoms with E-state index in [-0.39, 0.29) is 30.4 Å². The molecule has 0 aliphatic heterocycles. The summed E-state index contributed by atoms with van der Waals surface area (Å²) in [6, 6.07) is 20.6. The first-order valence-electron chi connectivity index (χ1n) is 10.1. The van der Waals surface area contributed by atoms with Gasteiger partial charge in [0.25, 0.3) is 0 Å². The van der Waals surface area contributed by atoms with Crippen LogP contribution in [0.2, 0.25) is 0 Å². The molecule has 0 aromatic heterocycles. The number of fused-ring (bicyclic) bond motifs is 3. The zero-order valence-electron chi connectivity index (χ0n) is 17.4. The van der Waals surface area contributed by atoms with Crippen LogP contribution in [0.25, 0.3) is 11.1 Å². The van der Waals surface area contributed by atoms with Crippen LogP contribution in [0, 0.1) is 11.8 Å². The summed E-state index contributed by atoms with van der Waals surface area (Å²) in [6.07, 6.45) is -0.563. The first-order valence-corrected chi connectivity index (χ1v) is 10.1. The number of hydrogen-bond donors (Lipinski definition) is 2. The summed E-state index contributed by atoms with van der Waals surface area (Å²) in [6.45, 7) is 0.276. The van der Waals surface area contributed by atoms with Crippen molar-refractivity contribution >= 4 is 12.1 Å². The Kier molecular flexibility index (Phi) is 6.09. The average Bonchev–Trinajstić information content (AvgIpc) is 3.14. The number of rotatable bonds is 4. The highest BCUT2D eigenvalue weighted by Gasteiger charge is 2.28. The molecule has 0 saturated heterocycles. The summed E-state index contributed by atoms with van der Waals surface area (Å²) < 4.78 is 10.1. The lowest BCUT2D eigenvalue weighted by Gasteiger charge is -2.14. The molecular weight excluding hydrogens is 406 g/mol. The van der Waals surface area contributed by atoms with E-state index >= 15 is 0 Å². The van der Waals surface area contributed by atoms with Crippen LogP contribution in [0.3, 0.4) is 0 Å². The number of benzene rings is 3. The minimum atomic E-state index is -0.563. The smallest absolute Gasteiger partial charge is 0.407 e. The molecule has 32 heavy (non-hydrogen) atoms. The van der Waals surface area contributed by atoms with Gasteiger partial charge in [-0.3, -0.25) is 0 Å². The van der Waals surface area contributed by atoms with Crippen LogP contribution in [-0.4, -0.2) is 37.4 Å². The normalized spacial score (nSPS) is 11.5. The molecule has 6 nitrogen and oxygen atoms in total. The highest BCUT2D eigenvalue weighted by Crippen LogP contribution is 2.44. The zero-order valence-corrected chi connectivity index (χ0v) is 17.4. The van der Waals surface area contributed by atoms with Gasteiger partial charge >= 0.3 is 12.1 Å². The maximum Gasteiger partial charge on any atom is 0.407 e. The van der Waals surface area contributed by atoms with E-state index in [2.05, 4.69) is 46.2 Å². The van der Waals surface area contributed by atoms with Crippen LogP contribution < -0.4 is 5.32 Å². The number of phenolic OH excluding ortho intramolecular Hbond substituents is 1. The number of hydrogen-bond acceptors (Lipinski definition) is 5. The van der Waals surface area contributed by atoms with Gasteiger partial charge in [-0.1, -0.05) is 60.4 Å². The van der Waals surface area contributed by atoms with E-state index in [1.807, 2.05) is 24.3 Å². The predicted octanol–water partition coefficient (Wildman–Crippen LogP) is 4.07. The average molecular weight is 427 g/mol. The Morgan fingerprint density at radius 2 is 1.66 bits per heavy atom. The van der Waals surface area contributed by atoms with Gasteiger partial charge in [-0.25, -0.2) is 9.59 Å². The summed E-state index contributed by atoms with van der Waals surface area (Å²) in [5, 5.41) is 12.6. The number of phenols is 1. The van der Waals surface area contributed by atoms with Gasteiger partial charge in [0.2, 0.25) is 0 Å². The van der Waals surface area contributed by atoms with E-state index in [4.69, 9.17) is 4.74 Å². The third-order valence-corrected chi connectivity index (χ3v) is 5.31. The van der Waals surface area contributed by atoms with E-state index in [0.717, 1.165) is 11.1 Å². The van der Waals surface area contributed by atoms with Crippen LogP contribution in [0.15, 0.2) is 66.7 Å². The number of aromatic hydroxyl groups is 1. The van der Waals surface area contributed by atoms with E-state index in [1.165, 1.54) is 36.4 Å². The van der Waals surface area contributed by atoms with Gasteiger partial charge in [-0.05, 0) is 40.5 Å². The van der Waals surface area contributed by atoms with Gasteiger partial charge < -0.3 is 19.9 Å². The molecule has 4 rings (SSSR count). The topological polar surface area (TPSA) is 84.9 Å². The van der Waals surface area contributed by atoms with Crippen molar-refractivity contribution in [2.45, 2.75) is 5.92 Å². The monoisotopic (exact) mass is 427 g/mol. The molecule has 0 atom stereocenters. The Hall–Kier alpha value is -4.24. The van der Waals surface area contributed by atoms with Crippen molar-refractivity contribution < 1.29 is 24.2 Å². The fraction of sp³-hybridized carbons (Fsp3) is 0.154. The third kappa shape index (κ3) is 4.28. The Morgan fingerprint density at radius 3 is 2.28 bits per heavy atom. The van der Waals surface area contributed by atoms with Crippen LogP contribution in [0.1, 0.15) is 33.0 Å². The first-order chi connectivity index (χ1) is 15.6. The van der Waals surface area contributed by atoms with E-state index < -0.39 is 12.1 Å². The van der Waals surface area contributed by atoms with Crippen molar-refractivity contribution in [3.8, 4) is 28.7 Å². The number of amides is 1. The van der Waals surface area contributed by atoms with Crippen molar-refractivity contribution in [3.63, 3.8) is 0 Å². The number of carbonyl (C=O) groups excluding carboxylic acids is 2. The molecule has 0 radical (unpaired) electrons. The lowest BCUT2D eigenvalue weighted by atomic mass is 9.98. The first kappa shape index (κ1) is 21.0. The zero-order chi connectivity index (χ0) is 22.5. The van der Waals surface area contributed by atoms with Crippen molar-refractivity contribution in [3.05, 3.63) is 89.0 Å². The van der Waals surface area contributed by atoms with E-state index in [1.54, 1.807) is 0 Å². The molecule has 0 unspecified atom stereocenters. The molecule has 1 aliphatic carbocycles. The molecular formula is C26H21NO5. The summed E-state index contributed by atoms with van der Waals surface area (Å²) in [7, 11) is 1.27. The lowest BCUT2D eigenvalue weighted by Crippen LogP contribution is -2.26. The number of methoxy groups -OCH3 is 1. The number of nitrogens with one attached hydrogen (secondary N) is 1. The summed E-state index contributed by atoms with van der Waals surface area (Å²) in [5.74, 6) is 4.82. The van der Waals surface area contributed by atoms with Gasteiger partial charge in [-0.2, -0.15) is 0 Å². The van der Waals surface area contributed by atoms with E-state index in [9.17, 15) is 14.7 Å².